The minimum Gasteiger partial charge on any atom is -0.493 e. The van der Waals surface area contributed by atoms with Crippen molar-refractivity contribution in [2.45, 2.75) is 25.6 Å². The molecule has 0 bridgehead atoms. The summed E-state index contributed by atoms with van der Waals surface area (Å²) in [6, 6.07) is 9.50. The number of ketones is 2. The van der Waals surface area contributed by atoms with Crippen molar-refractivity contribution in [3.63, 3.8) is 0 Å². The Morgan fingerprint density at radius 1 is 1.18 bits per heavy atom. The molecule has 0 aliphatic heterocycles. The van der Waals surface area contributed by atoms with Crippen molar-refractivity contribution >= 4 is 23.2 Å². The molecule has 1 aromatic carbocycles. The van der Waals surface area contributed by atoms with Gasteiger partial charge >= 0.3 is 6.18 Å². The Bertz CT molecular complexity index is 884. The number of aromatic nitrogens is 1. The fourth-order valence-corrected chi connectivity index (χ4v) is 2.81. The maximum atomic E-state index is 12.8. The topological polar surface area (TPSA) is 68.3 Å². The number of rotatable bonds is 7. The maximum Gasteiger partial charge on any atom is 0.456 e. The van der Waals surface area contributed by atoms with E-state index in [1.165, 1.54) is 7.11 Å². The second kappa shape index (κ2) is 8.28. The summed E-state index contributed by atoms with van der Waals surface area (Å²) in [6.07, 6.45) is -5.09. The number of hydrogen-bond donors (Lipinski definition) is 1. The van der Waals surface area contributed by atoms with Gasteiger partial charge in [0.05, 0.1) is 13.7 Å². The average Bonchev–Trinajstić information content (AvgIpc) is 2.64. The van der Waals surface area contributed by atoms with E-state index >= 15 is 0 Å². The second-order valence-electron chi connectivity index (χ2n) is 6.47. The third kappa shape index (κ3) is 4.88. The SMILES string of the molecule is COc1c(C(C)(C)NCC(=O)c2ccccc2)cc(C(=O)C(F)(F)F)nc1Cl. The molecule has 0 saturated heterocycles. The summed E-state index contributed by atoms with van der Waals surface area (Å²) < 4.78 is 43.5. The third-order valence-electron chi connectivity index (χ3n) is 4.09. The average molecular weight is 415 g/mol. The van der Waals surface area contributed by atoms with Gasteiger partial charge in [0.1, 0.15) is 5.69 Å². The van der Waals surface area contributed by atoms with Crippen LogP contribution in [0, 0.1) is 0 Å². The molecule has 150 valence electrons. The van der Waals surface area contributed by atoms with Crippen LogP contribution in [0.3, 0.4) is 0 Å². The molecule has 5 nitrogen and oxygen atoms in total. The number of pyridine rings is 1. The predicted octanol–water partition coefficient (Wildman–Crippen LogP) is 4.20. The van der Waals surface area contributed by atoms with E-state index in [0.29, 0.717) is 5.56 Å². The molecule has 0 unspecified atom stereocenters. The Labute approximate surface area is 164 Å². The molecular formula is C19H18ClF3N2O3. The summed E-state index contributed by atoms with van der Waals surface area (Å²) in [5.41, 5.74) is -1.25. The molecule has 0 amide bonds. The van der Waals surface area contributed by atoms with Crippen LogP contribution in [0.15, 0.2) is 36.4 Å². The summed E-state index contributed by atoms with van der Waals surface area (Å²) in [6.45, 7) is 3.16. The van der Waals surface area contributed by atoms with Gasteiger partial charge in [0, 0.05) is 16.7 Å². The van der Waals surface area contributed by atoms with Crippen molar-refractivity contribution < 1.29 is 27.5 Å². The minimum atomic E-state index is -5.09. The zero-order valence-electron chi connectivity index (χ0n) is 15.4. The molecule has 0 radical (unpaired) electrons. The van der Waals surface area contributed by atoms with E-state index in [0.717, 1.165) is 6.07 Å². The molecule has 28 heavy (non-hydrogen) atoms. The number of Topliss-reactive ketones (excluding diaryl/α,β-unsaturated/α-hetero) is 2. The standard InChI is InChI=1S/C19H18ClF3N2O3/c1-18(2,24-10-14(26)11-7-5-4-6-8-11)12-9-13(16(27)19(21,22)23)25-17(20)15(12)28-3/h4-9,24H,10H2,1-3H3. The quantitative estimate of drug-likeness (QED) is 0.543. The van der Waals surface area contributed by atoms with Crippen molar-refractivity contribution in [2.75, 3.05) is 13.7 Å². The lowest BCUT2D eigenvalue weighted by atomic mass is 9.92. The summed E-state index contributed by atoms with van der Waals surface area (Å²) in [7, 11) is 1.28. The molecule has 0 atom stereocenters. The van der Waals surface area contributed by atoms with Crippen LogP contribution in [0.4, 0.5) is 13.2 Å². The first kappa shape index (κ1) is 21.8. The van der Waals surface area contributed by atoms with Crippen LogP contribution < -0.4 is 10.1 Å². The van der Waals surface area contributed by atoms with Gasteiger partial charge in [-0.25, -0.2) is 4.98 Å². The number of alkyl halides is 3. The van der Waals surface area contributed by atoms with Gasteiger partial charge in [0.25, 0.3) is 5.78 Å². The van der Waals surface area contributed by atoms with Gasteiger partial charge in [-0.05, 0) is 19.9 Å². The van der Waals surface area contributed by atoms with Crippen LogP contribution in [0.2, 0.25) is 5.15 Å². The van der Waals surface area contributed by atoms with Gasteiger partial charge in [-0.15, -0.1) is 0 Å². The number of hydrogen-bond acceptors (Lipinski definition) is 5. The van der Waals surface area contributed by atoms with Gasteiger partial charge in [-0.2, -0.15) is 13.2 Å². The van der Waals surface area contributed by atoms with E-state index in [4.69, 9.17) is 16.3 Å². The van der Waals surface area contributed by atoms with E-state index in [-0.39, 0.29) is 28.8 Å². The molecule has 2 aromatic rings. The third-order valence-corrected chi connectivity index (χ3v) is 4.34. The van der Waals surface area contributed by atoms with E-state index in [9.17, 15) is 22.8 Å². The van der Waals surface area contributed by atoms with E-state index in [1.807, 2.05) is 0 Å². The molecule has 0 fully saturated rings. The fourth-order valence-electron chi connectivity index (χ4n) is 2.54. The Hall–Kier alpha value is -2.45. The van der Waals surface area contributed by atoms with Crippen LogP contribution in [0.25, 0.3) is 0 Å². The first-order valence-electron chi connectivity index (χ1n) is 8.17. The van der Waals surface area contributed by atoms with Crippen LogP contribution in [0.1, 0.15) is 40.3 Å². The van der Waals surface area contributed by atoms with Gasteiger partial charge < -0.3 is 10.1 Å². The molecule has 0 aliphatic rings. The molecule has 0 spiro atoms. The monoisotopic (exact) mass is 414 g/mol. The summed E-state index contributed by atoms with van der Waals surface area (Å²) >= 11 is 5.94. The smallest absolute Gasteiger partial charge is 0.456 e. The largest absolute Gasteiger partial charge is 0.493 e. The van der Waals surface area contributed by atoms with Crippen LogP contribution in [-0.4, -0.2) is 36.4 Å². The number of ether oxygens (including phenoxy) is 1. The highest BCUT2D eigenvalue weighted by Gasteiger charge is 2.41. The summed E-state index contributed by atoms with van der Waals surface area (Å²) in [5.74, 6) is -2.31. The number of nitrogens with one attached hydrogen (secondary N) is 1. The Morgan fingerprint density at radius 3 is 2.32 bits per heavy atom. The van der Waals surface area contributed by atoms with Crippen molar-refractivity contribution in [1.29, 1.82) is 0 Å². The van der Waals surface area contributed by atoms with E-state index < -0.39 is 23.2 Å². The molecular weight excluding hydrogens is 397 g/mol. The molecule has 0 aliphatic carbocycles. The number of halogens is 4. The van der Waals surface area contributed by atoms with Crippen LogP contribution in [0.5, 0.6) is 5.75 Å². The molecule has 1 heterocycles. The second-order valence-corrected chi connectivity index (χ2v) is 6.83. The van der Waals surface area contributed by atoms with Crippen molar-refractivity contribution in [3.8, 4) is 5.75 Å². The van der Waals surface area contributed by atoms with Crippen LogP contribution >= 0.6 is 11.6 Å². The van der Waals surface area contributed by atoms with E-state index in [1.54, 1.807) is 44.2 Å². The van der Waals surface area contributed by atoms with Gasteiger partial charge in [0.15, 0.2) is 16.7 Å². The van der Waals surface area contributed by atoms with Gasteiger partial charge in [0.2, 0.25) is 0 Å². The Morgan fingerprint density at radius 2 is 1.79 bits per heavy atom. The Kier molecular flexibility index (Phi) is 6.46. The Balaban J connectivity index is 2.36. The lowest BCUT2D eigenvalue weighted by Crippen LogP contribution is -2.40. The van der Waals surface area contributed by atoms with E-state index in [2.05, 4.69) is 10.3 Å². The number of nitrogens with zero attached hydrogens (tertiary/aromatic N) is 1. The first-order valence-corrected chi connectivity index (χ1v) is 8.55. The van der Waals surface area contributed by atoms with Crippen molar-refractivity contribution in [2.24, 2.45) is 0 Å². The lowest BCUT2D eigenvalue weighted by molar-refractivity contribution is -0.0888. The van der Waals surface area contributed by atoms with Crippen molar-refractivity contribution in [1.82, 2.24) is 10.3 Å². The predicted molar refractivity (Wildman–Crippen MR) is 98.0 cm³/mol. The number of benzene rings is 1. The molecule has 9 heteroatoms. The summed E-state index contributed by atoms with van der Waals surface area (Å²) in [4.78, 5) is 27.4. The highest BCUT2D eigenvalue weighted by atomic mass is 35.5. The number of carbonyl (C=O) groups is 2. The number of carbonyl (C=O) groups excluding carboxylic acids is 2. The first-order chi connectivity index (χ1) is 13.0. The molecule has 2 rings (SSSR count). The zero-order chi connectivity index (χ0) is 21.1. The van der Waals surface area contributed by atoms with Crippen LogP contribution in [-0.2, 0) is 5.54 Å². The lowest BCUT2D eigenvalue weighted by Gasteiger charge is -2.29. The highest BCUT2D eigenvalue weighted by molar-refractivity contribution is 6.31. The summed E-state index contributed by atoms with van der Waals surface area (Å²) in [5, 5.41) is 2.59. The highest BCUT2D eigenvalue weighted by Crippen LogP contribution is 2.36. The van der Waals surface area contributed by atoms with Crippen molar-refractivity contribution in [3.05, 3.63) is 58.4 Å². The number of methoxy groups -OCH3 is 1. The van der Waals surface area contributed by atoms with Gasteiger partial charge in [-0.3, -0.25) is 9.59 Å². The molecule has 0 saturated carbocycles. The van der Waals surface area contributed by atoms with Gasteiger partial charge in [-0.1, -0.05) is 41.9 Å². The normalized spacial score (nSPS) is 12.0. The minimum absolute atomic E-state index is 0.0186. The molecule has 1 N–H and O–H groups in total. The fraction of sp³-hybridized carbons (Fsp3) is 0.316. The molecule has 1 aromatic heterocycles. The zero-order valence-corrected chi connectivity index (χ0v) is 16.1. The maximum absolute atomic E-state index is 12.8.